The molecule has 20 aliphatic carbocycles. The first-order valence-electron chi connectivity index (χ1n) is 48.1. The van der Waals surface area contributed by atoms with Gasteiger partial charge >= 0.3 is 0 Å². The van der Waals surface area contributed by atoms with Crippen LogP contribution in [0.5, 0.6) is 0 Å². The average molecular weight is 1560 g/mol. The molecule has 0 aromatic heterocycles. The largest absolute Gasteiger partial charge is 0.379 e. The summed E-state index contributed by atoms with van der Waals surface area (Å²) in [5.74, 6) is 13.3. The summed E-state index contributed by atoms with van der Waals surface area (Å²) in [6, 6.07) is 0. The molecule has 20 rings (SSSR count). The van der Waals surface area contributed by atoms with E-state index in [-0.39, 0.29) is 50.4 Å². The van der Waals surface area contributed by atoms with Crippen LogP contribution in [0.4, 0.5) is 0 Å². The van der Waals surface area contributed by atoms with E-state index in [0.29, 0.717) is 27.3 Å². The standard InChI is InChI=1S/C13H22O.C13H24O.C12H20O.C12H22O.C10H18O.C9H16O.C9H18O.2C8H16O.C7H14O/c1-3-13(14-2)11-5-9-4-10(7-11)8-12(13)6-9;1-6-13(14-5)9-10-7-8-12(13,4)11(10,2)3;1-12(13-2)10-4-8-3-9(6-10)7-11(12)5-8;1-10(2)9-6-7-11(10,3)12(4,8-9)13-5;1-3-10(11-2)7-8-4-5-9(10)6-8;1-9(10-2)6-7-3-4-8(9)5-7;1-3-9(10-2)7-5-4-6-8-9;1-8(9-2)6-4-3-5-7-8;1-3-8(9-2)6-4-5-7-8;1-7(8-2)5-3-4-6-7/h9-12H,3-8H2,1-2H3;10H,6-9H2,1-5H3;8-11H,3-7H2,1-2H3;9H,6-8H2,1-5H3;8-9H,3-7H2,1-2H3;7-8H,3-6H2,1-2H3;3-8H2,1-2H3;2*3-7H2,1-2H3;3-6H2,1-2H3. The summed E-state index contributed by atoms with van der Waals surface area (Å²) in [6.07, 6.45) is 63.9. The lowest BCUT2D eigenvalue weighted by Crippen LogP contribution is -2.58. The Morgan fingerprint density at radius 1 is 0.252 bits per heavy atom. The van der Waals surface area contributed by atoms with Gasteiger partial charge in [0.2, 0.25) is 0 Å². The highest BCUT2D eigenvalue weighted by molar-refractivity contribution is 5.19. The minimum absolute atomic E-state index is 0.124. The third kappa shape index (κ3) is 19.3. The Bertz CT molecular complexity index is 2660. The van der Waals surface area contributed by atoms with E-state index in [1.807, 2.05) is 71.1 Å². The van der Waals surface area contributed by atoms with Crippen LogP contribution in [-0.2, 0) is 47.4 Å². The van der Waals surface area contributed by atoms with Gasteiger partial charge < -0.3 is 47.4 Å². The lowest BCUT2D eigenvalue weighted by molar-refractivity contribution is -0.191. The van der Waals surface area contributed by atoms with Crippen molar-refractivity contribution in [1.82, 2.24) is 0 Å². The fourth-order valence-electron chi connectivity index (χ4n) is 30.2. The van der Waals surface area contributed by atoms with E-state index in [4.69, 9.17) is 47.4 Å². The molecule has 0 saturated heterocycles. The highest BCUT2D eigenvalue weighted by Gasteiger charge is 2.69. The van der Waals surface area contributed by atoms with Crippen LogP contribution in [0.15, 0.2) is 0 Å². The Morgan fingerprint density at radius 2 is 0.649 bits per heavy atom. The van der Waals surface area contributed by atoms with Gasteiger partial charge in [0.15, 0.2) is 0 Å². The molecule has 0 amide bonds. The van der Waals surface area contributed by atoms with Crippen molar-refractivity contribution in [2.75, 3.05) is 71.1 Å². The maximum absolute atomic E-state index is 5.96. The van der Waals surface area contributed by atoms with Crippen LogP contribution < -0.4 is 0 Å². The van der Waals surface area contributed by atoms with Crippen LogP contribution in [0.3, 0.4) is 0 Å². The van der Waals surface area contributed by atoms with E-state index >= 15 is 0 Å². The molecule has 0 aromatic rings. The van der Waals surface area contributed by atoms with E-state index in [0.717, 1.165) is 82.9 Å². The molecule has 0 aliphatic heterocycles. The summed E-state index contributed by atoms with van der Waals surface area (Å²) in [7, 11) is 18.7. The molecular formula is C101H186O10. The smallest absolute Gasteiger partial charge is 0.0737 e. The first kappa shape index (κ1) is 94.5. The van der Waals surface area contributed by atoms with Crippen LogP contribution in [0.2, 0.25) is 0 Å². The molecular weight excluding hydrogens is 1370 g/mol. The molecule has 0 N–H and O–H groups in total. The maximum atomic E-state index is 5.96. The molecule has 12 atom stereocenters. The summed E-state index contributed by atoms with van der Waals surface area (Å²) in [4.78, 5) is 0. The van der Waals surface area contributed by atoms with Gasteiger partial charge in [0.25, 0.3) is 0 Å². The van der Waals surface area contributed by atoms with Gasteiger partial charge in [-0.3, -0.25) is 0 Å². The normalized spacial score (nSPS) is 44.1. The molecule has 10 nitrogen and oxygen atoms in total. The zero-order valence-corrected chi connectivity index (χ0v) is 78.4. The quantitative estimate of drug-likeness (QED) is 0.158. The summed E-state index contributed by atoms with van der Waals surface area (Å²) in [6.45, 7) is 37.3. The van der Waals surface area contributed by atoms with E-state index in [1.165, 1.54) is 302 Å². The zero-order valence-electron chi connectivity index (χ0n) is 78.4. The Morgan fingerprint density at radius 3 is 0.874 bits per heavy atom. The minimum Gasteiger partial charge on any atom is -0.379 e. The second-order valence-corrected chi connectivity index (χ2v) is 44.1. The monoisotopic (exact) mass is 1560 g/mol. The van der Waals surface area contributed by atoms with E-state index in [9.17, 15) is 0 Å². The van der Waals surface area contributed by atoms with Crippen LogP contribution >= 0.6 is 0 Å². The number of rotatable bonds is 15. The molecule has 0 spiro atoms. The number of hydrogen-bond donors (Lipinski definition) is 0. The molecule has 12 unspecified atom stereocenters. The molecule has 0 radical (unpaired) electrons. The van der Waals surface area contributed by atoms with Crippen molar-refractivity contribution in [2.45, 2.75) is 469 Å². The summed E-state index contributed by atoms with van der Waals surface area (Å²) in [5.41, 5.74) is 4.09. The van der Waals surface area contributed by atoms with Gasteiger partial charge in [-0.05, 0) is 366 Å². The molecule has 0 heterocycles. The third-order valence-corrected chi connectivity index (χ3v) is 39.8. The summed E-state index contributed by atoms with van der Waals surface area (Å²) in [5, 5.41) is 0. The van der Waals surface area contributed by atoms with Gasteiger partial charge in [0.1, 0.15) is 0 Å². The Hall–Kier alpha value is -0.400. The van der Waals surface area contributed by atoms with Crippen molar-refractivity contribution >= 4 is 0 Å². The van der Waals surface area contributed by atoms with Crippen LogP contribution in [0.25, 0.3) is 0 Å². The van der Waals surface area contributed by atoms with E-state index in [2.05, 4.69) is 111 Å². The highest BCUT2D eigenvalue weighted by atomic mass is 16.5. The predicted molar refractivity (Wildman–Crippen MR) is 464 cm³/mol. The first-order valence-corrected chi connectivity index (χ1v) is 48.1. The summed E-state index contributed by atoms with van der Waals surface area (Å²) >= 11 is 0. The molecule has 10 heteroatoms. The van der Waals surface area contributed by atoms with Gasteiger partial charge in [-0.15, -0.1) is 0 Å². The maximum Gasteiger partial charge on any atom is 0.0737 e. The van der Waals surface area contributed by atoms with E-state index in [1.54, 1.807) is 0 Å². The second kappa shape index (κ2) is 38.8. The fourth-order valence-corrected chi connectivity index (χ4v) is 30.2. The van der Waals surface area contributed by atoms with Gasteiger partial charge in [0.05, 0.1) is 56.0 Å². The topological polar surface area (TPSA) is 92.3 Å². The minimum atomic E-state index is 0.124. The highest BCUT2D eigenvalue weighted by Crippen LogP contribution is 2.73. The van der Waals surface area contributed by atoms with Gasteiger partial charge in [-0.25, -0.2) is 0 Å². The fraction of sp³-hybridized carbons (Fsp3) is 1.00. The van der Waals surface area contributed by atoms with Crippen LogP contribution in [-0.4, -0.2) is 127 Å². The van der Waals surface area contributed by atoms with Crippen molar-refractivity contribution in [3.8, 4) is 0 Å². The number of fused-ring (bicyclic) bond motifs is 8. The number of methoxy groups -OCH3 is 10. The SMILES string of the molecule is CCC1(OC)C2CC3CC(C2)CC1C3.CCC1(OC)CC2CCC1(C)C2(C)C.CCC1(OC)CC2CCC1C2.CCC1(OC)CCCC1.CCC1(OC)CCCCC1.COC1(C)C2CC3CC(C2)CC1C3.COC1(C)CC2CCC1(C)C2(C)C.COC1(C)CC2CCC1C2.COC1(C)CCCC1.COC1(C)CCCCC1. The van der Waals surface area contributed by atoms with Crippen LogP contribution in [0.1, 0.15) is 413 Å². The molecule has 650 valence electrons. The van der Waals surface area contributed by atoms with Gasteiger partial charge in [-0.1, -0.05) is 140 Å². The second-order valence-electron chi connectivity index (χ2n) is 44.1. The van der Waals surface area contributed by atoms with Gasteiger partial charge in [-0.2, -0.15) is 0 Å². The van der Waals surface area contributed by atoms with Crippen LogP contribution in [0, 0.1) is 105 Å². The van der Waals surface area contributed by atoms with Crippen molar-refractivity contribution < 1.29 is 47.4 Å². The molecule has 111 heavy (non-hydrogen) atoms. The van der Waals surface area contributed by atoms with Crippen molar-refractivity contribution in [3.63, 3.8) is 0 Å². The van der Waals surface area contributed by atoms with Gasteiger partial charge in [0, 0.05) is 81.9 Å². The zero-order chi connectivity index (χ0) is 81.4. The Kier molecular flexibility index (Phi) is 33.0. The molecule has 20 saturated carbocycles. The summed E-state index contributed by atoms with van der Waals surface area (Å²) < 4.78 is 56.3. The number of ether oxygens (including phenoxy) is 10. The lowest BCUT2D eigenvalue weighted by atomic mass is 9.49. The predicted octanol–water partition coefficient (Wildman–Crippen LogP) is 27.2. The van der Waals surface area contributed by atoms with Crippen molar-refractivity contribution in [2.24, 2.45) is 105 Å². The Labute approximate surface area is 687 Å². The molecule has 0 aromatic carbocycles. The third-order valence-electron chi connectivity index (χ3n) is 39.8. The van der Waals surface area contributed by atoms with Crippen molar-refractivity contribution in [3.05, 3.63) is 0 Å². The molecule has 20 fully saturated rings. The first-order chi connectivity index (χ1) is 52.5. The Balaban J connectivity index is 0.000000143. The van der Waals surface area contributed by atoms with E-state index < -0.39 is 0 Å². The molecule has 16 bridgehead atoms. The molecule has 20 aliphatic rings. The number of hydrogen-bond acceptors (Lipinski definition) is 10. The van der Waals surface area contributed by atoms with Crippen molar-refractivity contribution in [1.29, 1.82) is 0 Å². The lowest BCUT2D eigenvalue weighted by Gasteiger charge is -2.60. The average Bonchev–Trinajstić information content (AvgIpc) is 1.54.